The van der Waals surface area contributed by atoms with Crippen molar-refractivity contribution in [3.05, 3.63) is 58.7 Å². The number of aromatic nitrogens is 2. The van der Waals surface area contributed by atoms with Crippen molar-refractivity contribution in [1.82, 2.24) is 14.9 Å². The molecule has 8 nitrogen and oxygen atoms in total. The molecule has 1 saturated carbocycles. The highest BCUT2D eigenvalue weighted by Crippen LogP contribution is 2.39. The Labute approximate surface area is 189 Å². The minimum absolute atomic E-state index is 0.00255. The molecule has 0 unspecified atom stereocenters. The Hall–Kier alpha value is -2.82. The summed E-state index contributed by atoms with van der Waals surface area (Å²) in [6.45, 7) is 3.05. The van der Waals surface area contributed by atoms with Crippen molar-refractivity contribution in [3.63, 3.8) is 0 Å². The minimum Gasteiger partial charge on any atom is -0.339 e. The molecule has 0 saturated heterocycles. The molecule has 4 rings (SSSR count). The molecule has 1 aliphatic carbocycles. The molecule has 11 heteroatoms. The van der Waals surface area contributed by atoms with Crippen LogP contribution in [-0.4, -0.2) is 30.5 Å². The lowest BCUT2D eigenvalue weighted by Crippen LogP contribution is -2.41. The Morgan fingerprint density at radius 3 is 2.69 bits per heavy atom. The number of aryl methyl sites for hydroxylation is 1. The smallest absolute Gasteiger partial charge is 0.242 e. The molecule has 0 radical (unpaired) electrons. The molecule has 1 aromatic heterocycles. The molecule has 32 heavy (non-hydrogen) atoms. The molecule has 1 aliphatic rings. The average molecular weight is 479 g/mol. The Bertz CT molecular complexity index is 1290. The van der Waals surface area contributed by atoms with E-state index < -0.39 is 27.8 Å². The van der Waals surface area contributed by atoms with Crippen molar-refractivity contribution in [1.29, 1.82) is 0 Å². The van der Waals surface area contributed by atoms with Crippen LogP contribution in [0.15, 0.2) is 45.8 Å². The monoisotopic (exact) mass is 478 g/mol. The van der Waals surface area contributed by atoms with Crippen LogP contribution in [0.5, 0.6) is 0 Å². The maximum absolute atomic E-state index is 13.3. The van der Waals surface area contributed by atoms with Crippen LogP contribution >= 0.6 is 11.6 Å². The molecule has 168 valence electrons. The first-order valence-electron chi connectivity index (χ1n) is 9.87. The maximum atomic E-state index is 13.3. The lowest BCUT2D eigenvalue weighted by Gasteiger charge is -2.16. The van der Waals surface area contributed by atoms with Crippen molar-refractivity contribution in [3.8, 4) is 11.4 Å². The van der Waals surface area contributed by atoms with E-state index in [1.165, 1.54) is 25.1 Å². The van der Waals surface area contributed by atoms with Gasteiger partial charge < -0.3 is 9.84 Å². The molecule has 1 amide bonds. The number of hydrogen-bond donors (Lipinski definition) is 2. The third-order valence-corrected chi connectivity index (χ3v) is 6.99. The van der Waals surface area contributed by atoms with E-state index in [1.807, 2.05) is 0 Å². The zero-order valence-electron chi connectivity index (χ0n) is 17.2. The Kier molecular flexibility index (Phi) is 6.02. The molecular weight excluding hydrogens is 459 g/mol. The number of sulfonamides is 1. The van der Waals surface area contributed by atoms with Crippen LogP contribution in [0.4, 0.5) is 10.1 Å². The lowest BCUT2D eigenvalue weighted by atomic mass is 10.1. The van der Waals surface area contributed by atoms with E-state index >= 15 is 0 Å². The van der Waals surface area contributed by atoms with Crippen LogP contribution < -0.4 is 10.0 Å². The Balaban J connectivity index is 1.51. The normalized spacial score (nSPS) is 14.9. The predicted molar refractivity (Wildman–Crippen MR) is 116 cm³/mol. The highest BCUT2D eigenvalue weighted by atomic mass is 35.5. The summed E-state index contributed by atoms with van der Waals surface area (Å²) in [6, 6.07) is 7.36. The molecule has 2 aromatic carbocycles. The van der Waals surface area contributed by atoms with Gasteiger partial charge in [-0.15, -0.1) is 0 Å². The molecule has 0 aliphatic heterocycles. The number of nitrogens with one attached hydrogen (secondary N) is 2. The van der Waals surface area contributed by atoms with Crippen molar-refractivity contribution in [2.24, 2.45) is 0 Å². The van der Waals surface area contributed by atoms with Crippen LogP contribution in [-0.2, 0) is 14.8 Å². The van der Waals surface area contributed by atoms with Gasteiger partial charge in [0, 0.05) is 17.2 Å². The standard InChI is InChI=1S/C21H20ClFN4O4S/c1-11-3-4-14(19-25-21(31-26-19)13-5-6-13)9-18(11)32(29,30)27-12(2)20(28)24-15-7-8-17(23)16(22)10-15/h3-4,7-10,12-13,27H,5-6H2,1-2H3,(H,24,28)/t12-/m1/s1. The second kappa shape index (κ2) is 8.61. The molecule has 1 heterocycles. The largest absolute Gasteiger partial charge is 0.339 e. The number of hydrogen-bond acceptors (Lipinski definition) is 6. The van der Waals surface area contributed by atoms with E-state index in [4.69, 9.17) is 16.1 Å². The van der Waals surface area contributed by atoms with Gasteiger partial charge in [0.15, 0.2) is 0 Å². The van der Waals surface area contributed by atoms with E-state index in [0.717, 1.165) is 18.9 Å². The summed E-state index contributed by atoms with van der Waals surface area (Å²) in [5, 5.41) is 6.29. The van der Waals surface area contributed by atoms with Crippen LogP contribution in [0.2, 0.25) is 5.02 Å². The SMILES string of the molecule is Cc1ccc(-c2noc(C3CC3)n2)cc1S(=O)(=O)N[C@H](C)C(=O)Nc1ccc(F)c(Cl)c1. The first-order valence-corrected chi connectivity index (χ1v) is 11.7. The number of amides is 1. The van der Waals surface area contributed by atoms with Crippen LogP contribution in [0, 0.1) is 12.7 Å². The summed E-state index contributed by atoms with van der Waals surface area (Å²) in [5.41, 5.74) is 1.23. The van der Waals surface area contributed by atoms with Gasteiger partial charge in [0.1, 0.15) is 5.82 Å². The number of benzene rings is 2. The van der Waals surface area contributed by atoms with E-state index in [0.29, 0.717) is 22.8 Å². The number of rotatable bonds is 7. The van der Waals surface area contributed by atoms with Crippen LogP contribution in [0.3, 0.4) is 0 Å². The summed E-state index contributed by atoms with van der Waals surface area (Å²) in [5.74, 6) is -0.115. The molecule has 1 atom stereocenters. The number of carbonyl (C=O) groups is 1. The first-order chi connectivity index (χ1) is 15.1. The van der Waals surface area contributed by atoms with E-state index in [-0.39, 0.29) is 21.5 Å². The second-order valence-electron chi connectivity index (χ2n) is 7.67. The zero-order valence-corrected chi connectivity index (χ0v) is 18.8. The van der Waals surface area contributed by atoms with Gasteiger partial charge in [0.05, 0.1) is 16.0 Å². The summed E-state index contributed by atoms with van der Waals surface area (Å²) in [4.78, 5) is 16.8. The Morgan fingerprint density at radius 2 is 2.00 bits per heavy atom. The molecular formula is C21H20ClFN4O4S. The van der Waals surface area contributed by atoms with Gasteiger partial charge in [-0.2, -0.15) is 9.71 Å². The Morgan fingerprint density at radius 1 is 1.25 bits per heavy atom. The fourth-order valence-corrected chi connectivity index (χ4v) is 4.71. The molecule has 1 fully saturated rings. The molecule has 3 aromatic rings. The van der Waals surface area contributed by atoms with E-state index in [9.17, 15) is 17.6 Å². The fourth-order valence-electron chi connectivity index (χ4n) is 3.05. The summed E-state index contributed by atoms with van der Waals surface area (Å²) in [6.07, 6.45) is 2.01. The average Bonchev–Trinajstić information content (AvgIpc) is 3.47. The number of nitrogens with zero attached hydrogens (tertiary/aromatic N) is 2. The highest BCUT2D eigenvalue weighted by Gasteiger charge is 2.30. The first kappa shape index (κ1) is 22.4. The highest BCUT2D eigenvalue weighted by molar-refractivity contribution is 7.89. The summed E-state index contributed by atoms with van der Waals surface area (Å²) >= 11 is 5.71. The topological polar surface area (TPSA) is 114 Å². The van der Waals surface area contributed by atoms with Crippen molar-refractivity contribution < 1.29 is 22.1 Å². The van der Waals surface area contributed by atoms with Gasteiger partial charge in [0.25, 0.3) is 0 Å². The second-order valence-corrected chi connectivity index (χ2v) is 9.76. The van der Waals surface area contributed by atoms with Gasteiger partial charge in [-0.25, -0.2) is 12.8 Å². The fraction of sp³-hybridized carbons (Fsp3) is 0.286. The number of carbonyl (C=O) groups excluding carboxylic acids is 1. The zero-order chi connectivity index (χ0) is 23.0. The number of anilines is 1. The van der Waals surface area contributed by atoms with Gasteiger partial charge in [-0.3, -0.25) is 4.79 Å². The van der Waals surface area contributed by atoms with Crippen molar-refractivity contribution in [2.75, 3.05) is 5.32 Å². The third kappa shape index (κ3) is 4.82. The van der Waals surface area contributed by atoms with Crippen molar-refractivity contribution in [2.45, 2.75) is 43.5 Å². The minimum atomic E-state index is -4.05. The van der Waals surface area contributed by atoms with Gasteiger partial charge in [0.2, 0.25) is 27.6 Å². The molecule has 0 spiro atoms. The summed E-state index contributed by atoms with van der Waals surface area (Å²) < 4.78 is 46.9. The maximum Gasteiger partial charge on any atom is 0.242 e. The molecule has 2 N–H and O–H groups in total. The lowest BCUT2D eigenvalue weighted by molar-refractivity contribution is -0.117. The van der Waals surface area contributed by atoms with Crippen molar-refractivity contribution >= 4 is 33.2 Å². The van der Waals surface area contributed by atoms with Crippen LogP contribution in [0.25, 0.3) is 11.4 Å². The molecule has 0 bridgehead atoms. The predicted octanol–water partition coefficient (Wildman–Crippen LogP) is 4.02. The van der Waals surface area contributed by atoms with Gasteiger partial charge >= 0.3 is 0 Å². The van der Waals surface area contributed by atoms with Gasteiger partial charge in [-0.1, -0.05) is 28.9 Å². The quantitative estimate of drug-likeness (QED) is 0.530. The van der Waals surface area contributed by atoms with E-state index in [1.54, 1.807) is 19.1 Å². The van der Waals surface area contributed by atoms with Gasteiger partial charge in [-0.05, 0) is 56.5 Å². The number of halogens is 2. The van der Waals surface area contributed by atoms with E-state index in [2.05, 4.69) is 20.2 Å². The van der Waals surface area contributed by atoms with Crippen LogP contribution in [0.1, 0.15) is 37.1 Å². The third-order valence-electron chi connectivity index (χ3n) is 5.02. The summed E-state index contributed by atoms with van der Waals surface area (Å²) in [7, 11) is -4.05.